The van der Waals surface area contributed by atoms with Gasteiger partial charge in [-0.25, -0.2) is 19.1 Å². The Bertz CT molecular complexity index is 984. The highest BCUT2D eigenvalue weighted by Crippen LogP contribution is 2.15. The van der Waals surface area contributed by atoms with Gasteiger partial charge in [-0.1, -0.05) is 11.8 Å². The number of imidazole rings is 1. The molecule has 0 saturated heterocycles. The normalized spacial score (nSPS) is 13.2. The molecule has 2 atom stereocenters. The number of ether oxygens (including phenoxy) is 2. The predicted octanol–water partition coefficient (Wildman–Crippen LogP) is 1.33. The third-order valence-electron chi connectivity index (χ3n) is 4.53. The maximum Gasteiger partial charge on any atom is 0.420 e. The first-order valence-corrected chi connectivity index (χ1v) is 13.1. The highest BCUT2D eigenvalue weighted by Gasteiger charge is 2.26. The minimum absolute atomic E-state index is 0.0581. The van der Waals surface area contributed by atoms with Crippen LogP contribution in [0.5, 0.6) is 0 Å². The molecule has 0 aliphatic rings. The van der Waals surface area contributed by atoms with Gasteiger partial charge in [0.25, 0.3) is 0 Å². The van der Waals surface area contributed by atoms with E-state index < -0.39 is 47.3 Å². The molecule has 0 radical (unpaired) electrons. The molecule has 5 N–H and O–H groups in total. The summed E-state index contributed by atoms with van der Waals surface area (Å²) >= 11 is 0.832. The minimum atomic E-state index is -1.02. The number of thioether (sulfide) groups is 1. The predicted molar refractivity (Wildman–Crippen MR) is 142 cm³/mol. The molecule has 0 unspecified atom stereocenters. The second-order valence-corrected chi connectivity index (χ2v) is 11.5. The SMILES string of the molecule is CC(=O)N[C@@H](CSC(=O)[C@H](Cc1cncn1C(=O)OC(C)(C)C)NCCCNC(=O)OC(C)(C)C)C(N)=O. The van der Waals surface area contributed by atoms with E-state index in [0.717, 1.165) is 11.8 Å². The number of carbonyl (C=O) groups excluding carboxylic acids is 5. The van der Waals surface area contributed by atoms with Crippen molar-refractivity contribution in [1.82, 2.24) is 25.5 Å². The summed E-state index contributed by atoms with van der Waals surface area (Å²) in [5.41, 5.74) is 4.43. The Kier molecular flexibility index (Phi) is 12.7. The molecule has 1 aromatic rings. The number of aromatic nitrogens is 2. The van der Waals surface area contributed by atoms with E-state index in [9.17, 15) is 24.0 Å². The largest absolute Gasteiger partial charge is 0.444 e. The Balaban J connectivity index is 2.89. The van der Waals surface area contributed by atoms with Gasteiger partial charge in [-0.15, -0.1) is 0 Å². The summed E-state index contributed by atoms with van der Waals surface area (Å²) in [6, 6.07) is -1.81. The number of rotatable bonds is 12. The summed E-state index contributed by atoms with van der Waals surface area (Å²) in [5.74, 6) is -1.27. The first-order chi connectivity index (χ1) is 17.5. The molecule has 214 valence electrons. The summed E-state index contributed by atoms with van der Waals surface area (Å²) in [7, 11) is 0. The molecule has 1 heterocycles. The molecule has 0 spiro atoms. The number of amides is 3. The lowest BCUT2D eigenvalue weighted by molar-refractivity contribution is -0.125. The lowest BCUT2D eigenvalue weighted by atomic mass is 10.1. The summed E-state index contributed by atoms with van der Waals surface area (Å²) in [4.78, 5) is 64.6. The molecular formula is C24H40N6O7S. The van der Waals surface area contributed by atoms with Crippen LogP contribution in [0.4, 0.5) is 9.59 Å². The Morgan fingerprint density at radius 3 is 2.21 bits per heavy atom. The maximum atomic E-state index is 13.1. The van der Waals surface area contributed by atoms with Gasteiger partial charge >= 0.3 is 12.2 Å². The van der Waals surface area contributed by atoms with Gasteiger partial charge in [0.05, 0.1) is 11.7 Å². The van der Waals surface area contributed by atoms with Gasteiger partial charge in [0.2, 0.25) is 16.9 Å². The first-order valence-electron chi connectivity index (χ1n) is 12.2. The lowest BCUT2D eigenvalue weighted by Gasteiger charge is -2.22. The molecule has 3 amide bonds. The number of hydrogen-bond donors (Lipinski definition) is 4. The number of carbonyl (C=O) groups is 5. The average molecular weight is 557 g/mol. The van der Waals surface area contributed by atoms with Crippen molar-refractivity contribution in [3.8, 4) is 0 Å². The zero-order valence-corrected chi connectivity index (χ0v) is 23.9. The minimum Gasteiger partial charge on any atom is -0.444 e. The van der Waals surface area contributed by atoms with Crippen LogP contribution in [0.15, 0.2) is 12.5 Å². The molecule has 14 heteroatoms. The monoisotopic (exact) mass is 556 g/mol. The lowest BCUT2D eigenvalue weighted by Crippen LogP contribution is -2.46. The van der Waals surface area contributed by atoms with Crippen molar-refractivity contribution in [2.45, 2.75) is 84.6 Å². The van der Waals surface area contributed by atoms with Crippen molar-refractivity contribution in [3.05, 3.63) is 18.2 Å². The molecular weight excluding hydrogens is 516 g/mol. The molecule has 0 aliphatic heterocycles. The van der Waals surface area contributed by atoms with Gasteiger partial charge in [0, 0.05) is 31.8 Å². The molecule has 0 fully saturated rings. The Morgan fingerprint density at radius 1 is 1.03 bits per heavy atom. The van der Waals surface area contributed by atoms with E-state index >= 15 is 0 Å². The van der Waals surface area contributed by atoms with Crippen molar-refractivity contribution in [2.24, 2.45) is 5.73 Å². The number of nitrogens with two attached hydrogens (primary N) is 1. The molecule has 0 saturated carbocycles. The van der Waals surface area contributed by atoms with Crippen molar-refractivity contribution >= 4 is 40.9 Å². The van der Waals surface area contributed by atoms with Crippen molar-refractivity contribution in [3.63, 3.8) is 0 Å². The van der Waals surface area contributed by atoms with Crippen LogP contribution in [0.2, 0.25) is 0 Å². The standard InChI is InChI=1S/C24H40N6O7S/c1-15(31)29-18(19(25)32)13-38-20(33)17(27-9-8-10-28-21(34)36-23(2,3)4)11-16-12-26-14-30(16)22(35)37-24(5,6)7/h12,14,17-18,27H,8-11,13H2,1-7H3,(H2,25,32)(H,28,34)(H,29,31)/t17-,18-/m0/s1. The smallest absolute Gasteiger partial charge is 0.420 e. The summed E-state index contributed by atoms with van der Waals surface area (Å²) in [5, 5.41) is 7.86. The Labute approximate surface area is 227 Å². The van der Waals surface area contributed by atoms with Gasteiger partial charge in [0.15, 0.2) is 0 Å². The first kappa shape index (κ1) is 32.9. The third kappa shape index (κ3) is 13.4. The van der Waals surface area contributed by atoms with Gasteiger partial charge < -0.3 is 31.2 Å². The fourth-order valence-electron chi connectivity index (χ4n) is 2.97. The second-order valence-electron chi connectivity index (χ2n) is 10.5. The molecule has 38 heavy (non-hydrogen) atoms. The number of primary amides is 1. The van der Waals surface area contributed by atoms with Gasteiger partial charge in [-0.05, 0) is 54.5 Å². The summed E-state index contributed by atoms with van der Waals surface area (Å²) in [6.45, 7) is 12.4. The van der Waals surface area contributed by atoms with Crippen LogP contribution in [0.25, 0.3) is 0 Å². The molecule has 1 rings (SSSR count). The third-order valence-corrected chi connectivity index (χ3v) is 5.60. The van der Waals surface area contributed by atoms with Crippen molar-refractivity contribution in [2.75, 3.05) is 18.8 Å². The second kappa shape index (κ2) is 14.7. The van der Waals surface area contributed by atoms with Crippen molar-refractivity contribution in [1.29, 1.82) is 0 Å². The van der Waals surface area contributed by atoms with E-state index in [1.807, 2.05) is 0 Å². The van der Waals surface area contributed by atoms with Crippen LogP contribution in [-0.2, 0) is 30.3 Å². The van der Waals surface area contributed by atoms with Crippen LogP contribution in [0, 0.1) is 0 Å². The highest BCUT2D eigenvalue weighted by atomic mass is 32.2. The van der Waals surface area contributed by atoms with Crippen LogP contribution in [-0.4, -0.2) is 80.8 Å². The van der Waals surface area contributed by atoms with E-state index in [1.165, 1.54) is 24.0 Å². The molecule has 13 nitrogen and oxygen atoms in total. The van der Waals surface area contributed by atoms with Crippen LogP contribution in [0.1, 0.15) is 60.6 Å². The number of nitrogens with one attached hydrogen (secondary N) is 3. The summed E-state index contributed by atoms with van der Waals surface area (Å²) in [6.07, 6.45) is 2.16. The van der Waals surface area contributed by atoms with Crippen LogP contribution >= 0.6 is 11.8 Å². The highest BCUT2D eigenvalue weighted by molar-refractivity contribution is 8.13. The van der Waals surface area contributed by atoms with E-state index in [4.69, 9.17) is 15.2 Å². The molecule has 0 aliphatic carbocycles. The molecule has 0 bridgehead atoms. The van der Waals surface area contributed by atoms with E-state index in [1.54, 1.807) is 41.5 Å². The number of alkyl carbamates (subject to hydrolysis) is 1. The van der Waals surface area contributed by atoms with E-state index in [-0.39, 0.29) is 17.3 Å². The zero-order valence-electron chi connectivity index (χ0n) is 23.1. The Hall–Kier alpha value is -3.13. The van der Waals surface area contributed by atoms with Gasteiger partial charge in [-0.2, -0.15) is 0 Å². The fourth-order valence-corrected chi connectivity index (χ4v) is 3.92. The summed E-state index contributed by atoms with van der Waals surface area (Å²) < 4.78 is 11.8. The number of hydrogen-bond acceptors (Lipinski definition) is 10. The van der Waals surface area contributed by atoms with Crippen LogP contribution < -0.4 is 21.7 Å². The quantitative estimate of drug-likeness (QED) is 0.274. The Morgan fingerprint density at radius 2 is 1.66 bits per heavy atom. The maximum absolute atomic E-state index is 13.1. The van der Waals surface area contributed by atoms with E-state index in [0.29, 0.717) is 25.2 Å². The molecule has 0 aromatic carbocycles. The zero-order chi connectivity index (χ0) is 29.1. The number of nitrogens with zero attached hydrogens (tertiary/aromatic N) is 2. The van der Waals surface area contributed by atoms with Gasteiger partial charge in [-0.3, -0.25) is 14.4 Å². The fraction of sp³-hybridized carbons (Fsp3) is 0.667. The molecule has 1 aromatic heterocycles. The van der Waals surface area contributed by atoms with Gasteiger partial charge in [0.1, 0.15) is 23.6 Å². The van der Waals surface area contributed by atoms with Crippen LogP contribution in [0.3, 0.4) is 0 Å². The average Bonchev–Trinajstić information content (AvgIpc) is 3.21. The topological polar surface area (TPSA) is 184 Å². The van der Waals surface area contributed by atoms with E-state index in [2.05, 4.69) is 20.9 Å². The van der Waals surface area contributed by atoms with Crippen molar-refractivity contribution < 1.29 is 33.4 Å².